The van der Waals surface area contributed by atoms with Crippen LogP contribution in [-0.2, 0) is 4.79 Å². The first-order valence-corrected chi connectivity index (χ1v) is 12.4. The average Bonchev–Trinajstić information content (AvgIpc) is 3.31. The molecule has 2 heterocycles. The van der Waals surface area contributed by atoms with E-state index in [2.05, 4.69) is 42.8 Å². The molecule has 2 aliphatic carbocycles. The van der Waals surface area contributed by atoms with Crippen molar-refractivity contribution in [2.75, 3.05) is 13.2 Å². The third-order valence-corrected chi connectivity index (χ3v) is 8.63. The number of carbonyl (C=O) groups excluding carboxylic acids is 1. The van der Waals surface area contributed by atoms with Gasteiger partial charge in [-0.3, -0.25) is 9.78 Å². The summed E-state index contributed by atoms with van der Waals surface area (Å²) in [6, 6.07) is 2.63. The van der Waals surface area contributed by atoms with Crippen LogP contribution in [0, 0.1) is 16.7 Å². The lowest BCUT2D eigenvalue weighted by Crippen LogP contribution is -2.46. The zero-order valence-electron chi connectivity index (χ0n) is 20.0. The normalized spacial score (nSPS) is 32.6. The van der Waals surface area contributed by atoms with E-state index in [1.54, 1.807) is 6.92 Å². The third kappa shape index (κ3) is 4.27. The molecule has 31 heavy (non-hydrogen) atoms. The van der Waals surface area contributed by atoms with Crippen molar-refractivity contribution in [1.82, 2.24) is 9.88 Å². The van der Waals surface area contributed by atoms with E-state index in [4.69, 9.17) is 4.74 Å². The first-order valence-electron chi connectivity index (χ1n) is 12.4. The summed E-state index contributed by atoms with van der Waals surface area (Å²) in [4.78, 5) is 18.8. The van der Waals surface area contributed by atoms with Gasteiger partial charge in [-0.1, -0.05) is 33.3 Å². The molecule has 4 unspecified atom stereocenters. The largest absolute Gasteiger partial charge is 0.492 e. The number of pyridine rings is 1. The molecule has 1 aliphatic heterocycles. The van der Waals surface area contributed by atoms with Gasteiger partial charge in [0.15, 0.2) is 0 Å². The van der Waals surface area contributed by atoms with Crippen LogP contribution in [-0.4, -0.2) is 35.0 Å². The molecule has 1 saturated carbocycles. The fraction of sp³-hybridized carbons (Fsp3) is 0.704. The van der Waals surface area contributed by atoms with E-state index in [0.29, 0.717) is 12.0 Å². The van der Waals surface area contributed by atoms with Crippen LogP contribution < -0.4 is 4.74 Å². The summed E-state index contributed by atoms with van der Waals surface area (Å²) in [5.74, 6) is 1.86. The average molecular weight is 425 g/mol. The van der Waals surface area contributed by atoms with E-state index >= 15 is 0 Å². The first-order chi connectivity index (χ1) is 14.9. The van der Waals surface area contributed by atoms with Gasteiger partial charge in [-0.2, -0.15) is 0 Å². The topological polar surface area (TPSA) is 42.4 Å². The minimum atomic E-state index is 0.202. The minimum Gasteiger partial charge on any atom is -0.492 e. The predicted molar refractivity (Wildman–Crippen MR) is 126 cm³/mol. The summed E-state index contributed by atoms with van der Waals surface area (Å²) in [6.45, 7) is 10.5. The Kier molecular flexibility index (Phi) is 6.46. The Morgan fingerprint density at radius 1 is 1.26 bits per heavy atom. The van der Waals surface area contributed by atoms with Crippen LogP contribution in [0.4, 0.5) is 0 Å². The maximum absolute atomic E-state index is 12.2. The number of likely N-dealkylation sites (tertiary alicyclic amines) is 1. The van der Waals surface area contributed by atoms with E-state index in [9.17, 15) is 4.79 Å². The number of hydrogen-bond donors (Lipinski definition) is 0. The lowest BCUT2D eigenvalue weighted by atomic mass is 9.61. The van der Waals surface area contributed by atoms with Gasteiger partial charge in [-0.15, -0.1) is 0 Å². The Bertz CT molecular complexity index is 834. The van der Waals surface area contributed by atoms with Crippen molar-refractivity contribution in [3.05, 3.63) is 30.1 Å². The molecule has 1 aromatic heterocycles. The third-order valence-electron chi connectivity index (χ3n) is 8.63. The number of aromatic nitrogens is 1. The molecule has 1 amide bonds. The van der Waals surface area contributed by atoms with Crippen LogP contribution in [0.1, 0.15) is 91.0 Å². The van der Waals surface area contributed by atoms with E-state index in [0.717, 1.165) is 31.7 Å². The lowest BCUT2D eigenvalue weighted by molar-refractivity contribution is -0.131. The van der Waals surface area contributed by atoms with Crippen LogP contribution >= 0.6 is 0 Å². The Balaban J connectivity index is 1.47. The van der Waals surface area contributed by atoms with Crippen LogP contribution in [0.25, 0.3) is 5.57 Å². The molecule has 170 valence electrons. The van der Waals surface area contributed by atoms with E-state index in [1.165, 1.54) is 56.1 Å². The fourth-order valence-corrected chi connectivity index (χ4v) is 6.74. The van der Waals surface area contributed by atoms with Gasteiger partial charge in [0.05, 0.1) is 12.8 Å². The predicted octanol–water partition coefficient (Wildman–Crippen LogP) is 6.26. The zero-order valence-corrected chi connectivity index (χ0v) is 20.0. The van der Waals surface area contributed by atoms with Crippen molar-refractivity contribution in [3.8, 4) is 5.75 Å². The molecule has 1 aromatic rings. The highest BCUT2D eigenvalue weighted by Crippen LogP contribution is 2.55. The molecule has 4 nitrogen and oxygen atoms in total. The van der Waals surface area contributed by atoms with Gasteiger partial charge in [-0.05, 0) is 85.3 Å². The summed E-state index contributed by atoms with van der Waals surface area (Å²) in [7, 11) is 0. The Labute approximate surface area is 188 Å². The molecule has 4 heteroatoms. The second-order valence-electron chi connectivity index (χ2n) is 10.6. The number of rotatable bonds is 7. The molecule has 0 aromatic carbocycles. The minimum absolute atomic E-state index is 0.202. The van der Waals surface area contributed by atoms with Crippen molar-refractivity contribution in [1.29, 1.82) is 0 Å². The number of nitrogens with zero attached hydrogens (tertiary/aromatic N) is 2. The highest BCUT2D eigenvalue weighted by atomic mass is 16.5. The van der Waals surface area contributed by atoms with Crippen molar-refractivity contribution >= 4 is 11.5 Å². The van der Waals surface area contributed by atoms with Crippen LogP contribution in [0.5, 0.6) is 5.75 Å². The number of fused-ring (bicyclic) bond motifs is 1. The molecule has 2 fully saturated rings. The van der Waals surface area contributed by atoms with Gasteiger partial charge >= 0.3 is 0 Å². The van der Waals surface area contributed by atoms with E-state index in [-0.39, 0.29) is 16.7 Å². The molecule has 0 radical (unpaired) electrons. The van der Waals surface area contributed by atoms with Gasteiger partial charge in [-0.25, -0.2) is 0 Å². The summed E-state index contributed by atoms with van der Waals surface area (Å²) in [6.07, 6.45) is 17.0. The second kappa shape index (κ2) is 8.96. The molecule has 3 aliphatic rings. The Morgan fingerprint density at radius 2 is 2.10 bits per heavy atom. The van der Waals surface area contributed by atoms with Crippen LogP contribution in [0.3, 0.4) is 0 Å². The highest BCUT2D eigenvalue weighted by Gasteiger charge is 2.51. The number of carbonyl (C=O) groups is 1. The monoisotopic (exact) mass is 424 g/mol. The van der Waals surface area contributed by atoms with Crippen LogP contribution in [0.15, 0.2) is 24.5 Å². The number of ether oxygens (including phenoxy) is 1. The van der Waals surface area contributed by atoms with Crippen molar-refractivity contribution < 1.29 is 9.53 Å². The van der Waals surface area contributed by atoms with E-state index < -0.39 is 0 Å². The molecule has 4 atom stereocenters. The van der Waals surface area contributed by atoms with Crippen molar-refractivity contribution in [2.24, 2.45) is 16.7 Å². The van der Waals surface area contributed by atoms with Gasteiger partial charge in [0, 0.05) is 25.7 Å². The summed E-state index contributed by atoms with van der Waals surface area (Å²) >= 11 is 0. The second-order valence-corrected chi connectivity index (χ2v) is 10.6. The van der Waals surface area contributed by atoms with Crippen LogP contribution in [0.2, 0.25) is 0 Å². The smallest absolute Gasteiger partial charge is 0.219 e. The maximum Gasteiger partial charge on any atom is 0.219 e. The Morgan fingerprint density at radius 3 is 2.87 bits per heavy atom. The number of amides is 1. The zero-order chi connectivity index (χ0) is 22.1. The molecule has 0 spiro atoms. The molecule has 0 N–H and O–H groups in total. The van der Waals surface area contributed by atoms with Crippen molar-refractivity contribution in [2.45, 2.75) is 91.5 Å². The fourth-order valence-electron chi connectivity index (χ4n) is 6.74. The lowest BCUT2D eigenvalue weighted by Gasteiger charge is -2.46. The number of allylic oxidation sites excluding steroid dienone is 2. The molecular formula is C27H40N2O2. The van der Waals surface area contributed by atoms with Gasteiger partial charge in [0.2, 0.25) is 5.91 Å². The molecule has 0 bridgehead atoms. The number of hydrogen-bond acceptors (Lipinski definition) is 3. The van der Waals surface area contributed by atoms with E-state index in [1.807, 2.05) is 12.4 Å². The quantitative estimate of drug-likeness (QED) is 0.519. The molecule has 4 rings (SSSR count). The maximum atomic E-state index is 12.2. The Hall–Kier alpha value is -1.84. The summed E-state index contributed by atoms with van der Waals surface area (Å²) in [5, 5.41) is 0. The summed E-state index contributed by atoms with van der Waals surface area (Å²) < 4.78 is 5.85. The van der Waals surface area contributed by atoms with Gasteiger partial charge < -0.3 is 9.64 Å². The summed E-state index contributed by atoms with van der Waals surface area (Å²) in [5.41, 5.74) is 3.17. The molecule has 1 saturated heterocycles. The molecular weight excluding hydrogens is 384 g/mol. The first kappa shape index (κ1) is 22.4. The van der Waals surface area contributed by atoms with Gasteiger partial charge in [0.25, 0.3) is 0 Å². The highest BCUT2D eigenvalue weighted by molar-refractivity contribution is 5.74. The van der Waals surface area contributed by atoms with Gasteiger partial charge in [0.1, 0.15) is 5.75 Å². The van der Waals surface area contributed by atoms with Crippen molar-refractivity contribution in [3.63, 3.8) is 0 Å². The SMILES string of the molecule is CCCOc1cncc(C2=CCCC2(C)CCC2CCCC3N(C(C)=O)CCC23C)c1. The standard InChI is InChI=1S/C27H40N2O2/c1-5-16-31-23-17-21(18-28-19-23)24-9-7-12-26(24,3)13-11-22-8-6-10-25-27(22,4)14-15-29(25)20(2)30/h9,17-19,22,25H,5-8,10-16H2,1-4H3.